The Kier molecular flexibility index (Phi) is 5.53. The van der Waals surface area contributed by atoms with Gasteiger partial charge in [-0.25, -0.2) is 4.79 Å². The van der Waals surface area contributed by atoms with E-state index in [1.54, 1.807) is 27.8 Å². The first-order valence-corrected chi connectivity index (χ1v) is 9.36. The van der Waals surface area contributed by atoms with Crippen LogP contribution in [0.3, 0.4) is 0 Å². The largest absolute Gasteiger partial charge is 0.444 e. The van der Waals surface area contributed by atoms with Gasteiger partial charge in [0.2, 0.25) is 0 Å². The van der Waals surface area contributed by atoms with Crippen molar-refractivity contribution in [3.63, 3.8) is 0 Å². The first-order valence-electron chi connectivity index (χ1n) is 9.36. The third-order valence-corrected chi connectivity index (χ3v) is 4.53. The van der Waals surface area contributed by atoms with E-state index in [9.17, 15) is 22.8 Å². The summed E-state index contributed by atoms with van der Waals surface area (Å²) in [6, 6.07) is 4.18. The van der Waals surface area contributed by atoms with Crippen LogP contribution in [-0.4, -0.2) is 38.8 Å². The zero-order valence-corrected chi connectivity index (χ0v) is 17.1. The number of fused-ring (bicyclic) bond motifs is 1. The summed E-state index contributed by atoms with van der Waals surface area (Å²) in [6.45, 7) is 5.89. The lowest BCUT2D eigenvalue weighted by atomic mass is 10.0. The molecule has 1 N–H and O–H groups in total. The van der Waals surface area contributed by atoms with E-state index in [1.165, 1.54) is 21.7 Å². The molecule has 0 atom stereocenters. The highest BCUT2D eigenvalue weighted by atomic mass is 19.4. The number of benzene rings is 1. The minimum atomic E-state index is -4.45. The minimum absolute atomic E-state index is 0.161. The highest BCUT2D eigenvalue weighted by Crippen LogP contribution is 2.30. The number of ether oxygens (including phenoxy) is 1. The van der Waals surface area contributed by atoms with Gasteiger partial charge in [0.1, 0.15) is 11.3 Å². The number of hydrogen-bond donors (Lipinski definition) is 1. The van der Waals surface area contributed by atoms with E-state index in [2.05, 4.69) is 10.4 Å². The molecule has 3 rings (SSSR count). The number of carbonyl (C=O) groups excluding carboxylic acids is 2. The van der Waals surface area contributed by atoms with Gasteiger partial charge < -0.3 is 15.0 Å². The molecule has 0 aliphatic carbocycles. The molecule has 0 radical (unpaired) electrons. The van der Waals surface area contributed by atoms with E-state index in [1.807, 2.05) is 0 Å². The molecule has 30 heavy (non-hydrogen) atoms. The maximum Gasteiger partial charge on any atom is 0.416 e. The van der Waals surface area contributed by atoms with Crippen molar-refractivity contribution < 1.29 is 27.5 Å². The summed E-state index contributed by atoms with van der Waals surface area (Å²) in [6.07, 6.45) is -4.46. The van der Waals surface area contributed by atoms with Crippen LogP contribution in [0.4, 0.5) is 23.7 Å². The molecule has 2 aromatic rings. The number of hydrogen-bond acceptors (Lipinski definition) is 4. The molecule has 1 aromatic carbocycles. The minimum Gasteiger partial charge on any atom is -0.444 e. The van der Waals surface area contributed by atoms with E-state index < -0.39 is 29.3 Å². The van der Waals surface area contributed by atoms with Crippen LogP contribution in [0, 0.1) is 0 Å². The smallest absolute Gasteiger partial charge is 0.416 e. The van der Waals surface area contributed by atoms with E-state index >= 15 is 0 Å². The van der Waals surface area contributed by atoms with Crippen molar-refractivity contribution in [2.75, 3.05) is 11.9 Å². The van der Waals surface area contributed by atoms with Gasteiger partial charge in [-0.2, -0.15) is 18.3 Å². The van der Waals surface area contributed by atoms with Gasteiger partial charge in [0.15, 0.2) is 0 Å². The molecule has 7 nitrogen and oxygen atoms in total. The molecule has 0 saturated carbocycles. The number of aromatic nitrogens is 2. The van der Waals surface area contributed by atoms with Crippen molar-refractivity contribution in [3.8, 4) is 0 Å². The second-order valence-electron chi connectivity index (χ2n) is 8.08. The van der Waals surface area contributed by atoms with Gasteiger partial charge in [0.05, 0.1) is 17.8 Å². The van der Waals surface area contributed by atoms with Crippen LogP contribution in [0.15, 0.2) is 24.3 Å². The second-order valence-corrected chi connectivity index (χ2v) is 8.08. The van der Waals surface area contributed by atoms with Gasteiger partial charge in [0, 0.05) is 31.3 Å². The van der Waals surface area contributed by atoms with Gasteiger partial charge in [-0.15, -0.1) is 0 Å². The Balaban J connectivity index is 1.79. The Hall–Kier alpha value is -3.04. The normalized spacial score (nSPS) is 14.3. The molecule has 162 valence electrons. The molecule has 2 heterocycles. The van der Waals surface area contributed by atoms with Gasteiger partial charge >= 0.3 is 12.3 Å². The summed E-state index contributed by atoms with van der Waals surface area (Å²) in [5, 5.41) is 6.95. The molecule has 0 fully saturated rings. The molecule has 1 aliphatic rings. The van der Waals surface area contributed by atoms with Crippen molar-refractivity contribution in [1.82, 2.24) is 14.7 Å². The monoisotopic (exact) mass is 424 g/mol. The van der Waals surface area contributed by atoms with Gasteiger partial charge in [0.25, 0.3) is 5.91 Å². The Morgan fingerprint density at radius 2 is 1.77 bits per heavy atom. The number of amides is 2. The molecule has 1 aromatic heterocycles. The third-order valence-electron chi connectivity index (χ3n) is 4.53. The number of nitrogens with one attached hydrogen (secondary N) is 1. The molecule has 0 spiro atoms. The standard InChI is InChI=1S/C20H23F3N4O3/c1-19(2,3)30-18(29)27-10-9-15-14(11-27)16(26(4)25-15)17(28)24-13-7-5-12(6-8-13)20(21,22)23/h5-8H,9-11H2,1-4H3,(H,24,28). The Labute approximate surface area is 171 Å². The molecule has 0 bridgehead atoms. The molecule has 0 saturated heterocycles. The lowest BCUT2D eigenvalue weighted by Crippen LogP contribution is -2.40. The average Bonchev–Trinajstić information content (AvgIpc) is 2.94. The summed E-state index contributed by atoms with van der Waals surface area (Å²) >= 11 is 0. The molecule has 10 heteroatoms. The maximum absolute atomic E-state index is 12.8. The lowest BCUT2D eigenvalue weighted by molar-refractivity contribution is -0.137. The number of halogens is 3. The van der Waals surface area contributed by atoms with Crippen LogP contribution >= 0.6 is 0 Å². The van der Waals surface area contributed by atoms with Crippen LogP contribution in [0.2, 0.25) is 0 Å². The predicted octanol–water partition coefficient (Wildman–Crippen LogP) is 3.98. The molecule has 1 aliphatic heterocycles. The van der Waals surface area contributed by atoms with Crippen LogP contribution in [0.25, 0.3) is 0 Å². The van der Waals surface area contributed by atoms with Gasteiger partial charge in [-0.1, -0.05) is 0 Å². The number of anilines is 1. The van der Waals surface area contributed by atoms with E-state index in [4.69, 9.17) is 4.74 Å². The van der Waals surface area contributed by atoms with Crippen LogP contribution < -0.4 is 5.32 Å². The second kappa shape index (κ2) is 7.66. The fourth-order valence-electron chi connectivity index (χ4n) is 3.20. The number of nitrogens with zero attached hydrogens (tertiary/aromatic N) is 3. The predicted molar refractivity (Wildman–Crippen MR) is 103 cm³/mol. The summed E-state index contributed by atoms with van der Waals surface area (Å²) in [7, 11) is 1.61. The van der Waals surface area contributed by atoms with Crippen LogP contribution in [0.1, 0.15) is 48.1 Å². The number of rotatable bonds is 2. The highest BCUT2D eigenvalue weighted by molar-refractivity contribution is 6.04. The van der Waals surface area contributed by atoms with Gasteiger partial charge in [-0.3, -0.25) is 9.48 Å². The van der Waals surface area contributed by atoms with Crippen LogP contribution in [0.5, 0.6) is 0 Å². The van der Waals surface area contributed by atoms with Crippen molar-refractivity contribution >= 4 is 17.7 Å². The number of alkyl halides is 3. The lowest BCUT2D eigenvalue weighted by Gasteiger charge is -2.29. The Bertz CT molecular complexity index is 959. The molecule has 2 amide bonds. The fraction of sp³-hybridized carbons (Fsp3) is 0.450. The Morgan fingerprint density at radius 3 is 2.33 bits per heavy atom. The van der Waals surface area contributed by atoms with E-state index in [0.29, 0.717) is 24.2 Å². The SMILES string of the molecule is Cn1nc2c(c1C(=O)Nc1ccc(C(F)(F)F)cc1)CN(C(=O)OC(C)(C)C)CC2. The zero-order chi connectivity index (χ0) is 22.3. The van der Waals surface area contributed by atoms with Crippen molar-refractivity contribution in [2.45, 2.75) is 45.5 Å². The van der Waals surface area contributed by atoms with E-state index in [0.717, 1.165) is 12.1 Å². The number of aryl methyl sites for hydroxylation is 1. The quantitative estimate of drug-likeness (QED) is 0.791. The topological polar surface area (TPSA) is 76.5 Å². The first-order chi connectivity index (χ1) is 13.8. The number of carbonyl (C=O) groups is 2. The molecular weight excluding hydrogens is 401 g/mol. The first kappa shape index (κ1) is 21.7. The highest BCUT2D eigenvalue weighted by Gasteiger charge is 2.32. The summed E-state index contributed by atoms with van der Waals surface area (Å²) in [4.78, 5) is 26.7. The zero-order valence-electron chi connectivity index (χ0n) is 17.1. The Morgan fingerprint density at radius 1 is 1.13 bits per heavy atom. The summed E-state index contributed by atoms with van der Waals surface area (Å²) < 4.78 is 45.0. The van der Waals surface area contributed by atoms with Crippen LogP contribution in [-0.2, 0) is 30.9 Å². The molecule has 0 unspecified atom stereocenters. The molecular formula is C20H23F3N4O3. The van der Waals surface area contributed by atoms with Crippen molar-refractivity contribution in [1.29, 1.82) is 0 Å². The third kappa shape index (κ3) is 4.74. The van der Waals surface area contributed by atoms with Crippen molar-refractivity contribution in [2.24, 2.45) is 7.05 Å². The summed E-state index contributed by atoms with van der Waals surface area (Å²) in [5.74, 6) is -0.517. The maximum atomic E-state index is 12.8. The summed E-state index contributed by atoms with van der Waals surface area (Å²) in [5.41, 5.74) is 0.330. The van der Waals surface area contributed by atoms with Gasteiger partial charge in [-0.05, 0) is 45.0 Å². The average molecular weight is 424 g/mol. The fourth-order valence-corrected chi connectivity index (χ4v) is 3.20. The van der Waals surface area contributed by atoms with Crippen molar-refractivity contribution in [3.05, 3.63) is 46.8 Å². The van der Waals surface area contributed by atoms with E-state index in [-0.39, 0.29) is 17.9 Å².